The minimum atomic E-state index is 0.418. The van der Waals surface area contributed by atoms with Crippen LogP contribution < -0.4 is 10.2 Å². The summed E-state index contributed by atoms with van der Waals surface area (Å²) in [5, 5.41) is 3.41. The van der Waals surface area contributed by atoms with E-state index in [0.29, 0.717) is 5.41 Å². The molecule has 106 valence electrons. The number of nitrogens with one attached hydrogen (secondary N) is 1. The Labute approximate surface area is 117 Å². The zero-order chi connectivity index (χ0) is 13.7. The molecule has 0 aromatic carbocycles. The third kappa shape index (κ3) is 4.20. The molecule has 3 heteroatoms. The lowest BCUT2D eigenvalue weighted by atomic mass is 9.84. The van der Waals surface area contributed by atoms with Crippen molar-refractivity contribution in [3.8, 4) is 0 Å². The van der Waals surface area contributed by atoms with Crippen molar-refractivity contribution >= 4 is 5.82 Å². The maximum absolute atomic E-state index is 4.63. The van der Waals surface area contributed by atoms with Crippen molar-refractivity contribution in [2.75, 3.05) is 24.5 Å². The van der Waals surface area contributed by atoms with Crippen LogP contribution in [0.1, 0.15) is 45.6 Å². The minimum absolute atomic E-state index is 0.418. The second-order valence-electron chi connectivity index (χ2n) is 6.39. The zero-order valence-corrected chi connectivity index (χ0v) is 12.6. The number of rotatable bonds is 5. The number of nitrogens with zero attached hydrogens (tertiary/aromatic N) is 2. The van der Waals surface area contributed by atoms with Gasteiger partial charge in [0.25, 0.3) is 0 Å². The molecule has 0 saturated carbocycles. The van der Waals surface area contributed by atoms with Gasteiger partial charge in [0.15, 0.2) is 0 Å². The van der Waals surface area contributed by atoms with Crippen LogP contribution in [0.3, 0.4) is 0 Å². The number of hydrogen-bond acceptors (Lipinski definition) is 3. The molecule has 1 aromatic heterocycles. The monoisotopic (exact) mass is 261 g/mol. The van der Waals surface area contributed by atoms with Gasteiger partial charge in [0.05, 0.1) is 0 Å². The fourth-order valence-electron chi connectivity index (χ4n) is 2.74. The van der Waals surface area contributed by atoms with Crippen LogP contribution in [-0.4, -0.2) is 24.6 Å². The second-order valence-corrected chi connectivity index (χ2v) is 6.39. The molecule has 1 aliphatic rings. The molecule has 1 fully saturated rings. The summed E-state index contributed by atoms with van der Waals surface area (Å²) >= 11 is 0. The SMILES string of the molecule is CCCNCc1ccc(N2CCCC(C)(C)C2)nc1. The van der Waals surface area contributed by atoms with Crippen LogP contribution >= 0.6 is 0 Å². The molecule has 1 aromatic rings. The van der Waals surface area contributed by atoms with Crippen LogP contribution in [0.5, 0.6) is 0 Å². The Morgan fingerprint density at radius 2 is 2.21 bits per heavy atom. The number of aromatic nitrogens is 1. The van der Waals surface area contributed by atoms with E-state index >= 15 is 0 Å². The second kappa shape index (κ2) is 6.38. The molecule has 3 nitrogen and oxygen atoms in total. The van der Waals surface area contributed by atoms with Gasteiger partial charge in [-0.05, 0) is 42.9 Å². The van der Waals surface area contributed by atoms with Crippen molar-refractivity contribution in [2.24, 2.45) is 5.41 Å². The first-order chi connectivity index (χ1) is 9.11. The van der Waals surface area contributed by atoms with Crippen LogP contribution in [0.15, 0.2) is 18.3 Å². The van der Waals surface area contributed by atoms with Crippen molar-refractivity contribution < 1.29 is 0 Å². The molecule has 1 aliphatic heterocycles. The van der Waals surface area contributed by atoms with Gasteiger partial charge < -0.3 is 10.2 Å². The average molecular weight is 261 g/mol. The number of pyridine rings is 1. The van der Waals surface area contributed by atoms with Crippen LogP contribution in [0, 0.1) is 5.41 Å². The molecule has 2 heterocycles. The van der Waals surface area contributed by atoms with Gasteiger partial charge in [0.1, 0.15) is 5.82 Å². The van der Waals surface area contributed by atoms with E-state index in [0.717, 1.165) is 32.0 Å². The van der Waals surface area contributed by atoms with Gasteiger partial charge in [-0.2, -0.15) is 0 Å². The number of piperidine rings is 1. The first kappa shape index (κ1) is 14.3. The van der Waals surface area contributed by atoms with Gasteiger partial charge in [0, 0.05) is 25.8 Å². The zero-order valence-electron chi connectivity index (χ0n) is 12.6. The molecule has 0 unspecified atom stereocenters. The van der Waals surface area contributed by atoms with Crippen molar-refractivity contribution in [2.45, 2.75) is 46.6 Å². The van der Waals surface area contributed by atoms with Crippen molar-refractivity contribution in [3.05, 3.63) is 23.9 Å². The van der Waals surface area contributed by atoms with Gasteiger partial charge in [-0.1, -0.05) is 26.8 Å². The Morgan fingerprint density at radius 1 is 1.37 bits per heavy atom. The largest absolute Gasteiger partial charge is 0.356 e. The van der Waals surface area contributed by atoms with Gasteiger partial charge in [-0.25, -0.2) is 4.98 Å². The Hall–Kier alpha value is -1.09. The van der Waals surface area contributed by atoms with E-state index in [2.05, 4.69) is 48.1 Å². The van der Waals surface area contributed by atoms with Crippen molar-refractivity contribution in [1.82, 2.24) is 10.3 Å². The molecule has 0 amide bonds. The molecule has 0 bridgehead atoms. The van der Waals surface area contributed by atoms with Crippen molar-refractivity contribution in [1.29, 1.82) is 0 Å². The molecular weight excluding hydrogens is 234 g/mol. The summed E-state index contributed by atoms with van der Waals surface area (Å²) in [6.45, 7) is 11.1. The van der Waals surface area contributed by atoms with E-state index in [-0.39, 0.29) is 0 Å². The standard InChI is InChI=1S/C16H27N3/c1-4-9-17-11-14-6-7-15(18-12-14)19-10-5-8-16(2,3)13-19/h6-7,12,17H,4-5,8-11,13H2,1-3H3. The summed E-state index contributed by atoms with van der Waals surface area (Å²) in [5.74, 6) is 1.13. The van der Waals surface area contributed by atoms with Gasteiger partial charge in [-0.15, -0.1) is 0 Å². The van der Waals surface area contributed by atoms with E-state index in [4.69, 9.17) is 0 Å². The molecule has 0 radical (unpaired) electrons. The summed E-state index contributed by atoms with van der Waals surface area (Å²) in [6, 6.07) is 4.37. The van der Waals surface area contributed by atoms with Crippen LogP contribution in [0.4, 0.5) is 5.82 Å². The highest BCUT2D eigenvalue weighted by molar-refractivity contribution is 5.40. The molecular formula is C16H27N3. The normalized spacial score (nSPS) is 18.6. The van der Waals surface area contributed by atoms with E-state index in [1.807, 2.05) is 6.20 Å². The highest BCUT2D eigenvalue weighted by Gasteiger charge is 2.26. The predicted octanol–water partition coefficient (Wildman–Crippen LogP) is 3.21. The summed E-state index contributed by atoms with van der Waals surface area (Å²) in [5.41, 5.74) is 1.69. The van der Waals surface area contributed by atoms with E-state index in [1.165, 1.54) is 24.8 Å². The van der Waals surface area contributed by atoms with Gasteiger partial charge in [0.2, 0.25) is 0 Å². The predicted molar refractivity (Wildman–Crippen MR) is 81.5 cm³/mol. The molecule has 0 spiro atoms. The maximum atomic E-state index is 4.63. The average Bonchev–Trinajstić information content (AvgIpc) is 2.39. The number of hydrogen-bond donors (Lipinski definition) is 1. The van der Waals surface area contributed by atoms with E-state index in [1.54, 1.807) is 0 Å². The van der Waals surface area contributed by atoms with E-state index < -0.39 is 0 Å². The summed E-state index contributed by atoms with van der Waals surface area (Å²) in [7, 11) is 0. The fourth-order valence-corrected chi connectivity index (χ4v) is 2.74. The summed E-state index contributed by atoms with van der Waals surface area (Å²) in [6.07, 6.45) is 5.78. The third-order valence-electron chi connectivity index (χ3n) is 3.79. The highest BCUT2D eigenvalue weighted by atomic mass is 15.2. The Morgan fingerprint density at radius 3 is 2.84 bits per heavy atom. The lowest BCUT2D eigenvalue weighted by molar-refractivity contribution is 0.292. The first-order valence-corrected chi connectivity index (χ1v) is 7.51. The third-order valence-corrected chi connectivity index (χ3v) is 3.79. The Balaban J connectivity index is 1.94. The maximum Gasteiger partial charge on any atom is 0.128 e. The quantitative estimate of drug-likeness (QED) is 0.825. The van der Waals surface area contributed by atoms with Crippen molar-refractivity contribution in [3.63, 3.8) is 0 Å². The summed E-state index contributed by atoms with van der Waals surface area (Å²) < 4.78 is 0. The lowest BCUT2D eigenvalue weighted by Gasteiger charge is -2.38. The van der Waals surface area contributed by atoms with Crippen LogP contribution in [-0.2, 0) is 6.54 Å². The van der Waals surface area contributed by atoms with Gasteiger partial charge >= 0.3 is 0 Å². The molecule has 0 atom stereocenters. The van der Waals surface area contributed by atoms with Crippen LogP contribution in [0.2, 0.25) is 0 Å². The molecule has 19 heavy (non-hydrogen) atoms. The van der Waals surface area contributed by atoms with Crippen LogP contribution in [0.25, 0.3) is 0 Å². The Kier molecular flexibility index (Phi) is 4.81. The fraction of sp³-hybridized carbons (Fsp3) is 0.688. The lowest BCUT2D eigenvalue weighted by Crippen LogP contribution is -2.40. The highest BCUT2D eigenvalue weighted by Crippen LogP contribution is 2.30. The molecule has 1 saturated heterocycles. The smallest absolute Gasteiger partial charge is 0.128 e. The van der Waals surface area contributed by atoms with E-state index in [9.17, 15) is 0 Å². The minimum Gasteiger partial charge on any atom is -0.356 e. The first-order valence-electron chi connectivity index (χ1n) is 7.51. The molecule has 1 N–H and O–H groups in total. The van der Waals surface area contributed by atoms with Gasteiger partial charge in [-0.3, -0.25) is 0 Å². The molecule has 0 aliphatic carbocycles. The Bertz CT molecular complexity index is 383. The molecule has 2 rings (SSSR count). The topological polar surface area (TPSA) is 28.2 Å². The number of anilines is 1. The summed E-state index contributed by atoms with van der Waals surface area (Å²) in [4.78, 5) is 7.06.